The number of aryl methyl sites for hydroxylation is 1. The maximum Gasteiger partial charge on any atom is 0.255 e. The Bertz CT molecular complexity index is 2140. The summed E-state index contributed by atoms with van der Waals surface area (Å²) in [5.41, 5.74) is 6.45. The number of carbonyl (C=O) groups excluding carboxylic acids is 3. The Hall–Kier alpha value is -5.22. The lowest BCUT2D eigenvalue weighted by atomic mass is 9.87. The van der Waals surface area contributed by atoms with Gasteiger partial charge in [-0.2, -0.15) is 0 Å². The third-order valence-corrected chi connectivity index (χ3v) is 12.4. The van der Waals surface area contributed by atoms with E-state index in [1.54, 1.807) is 54.5 Å². The van der Waals surface area contributed by atoms with Crippen molar-refractivity contribution in [3.8, 4) is 11.3 Å². The van der Waals surface area contributed by atoms with E-state index in [0.717, 1.165) is 77.2 Å². The summed E-state index contributed by atoms with van der Waals surface area (Å²) in [6, 6.07) is 24.4. The Morgan fingerprint density at radius 3 is 2.26 bits per heavy atom. The van der Waals surface area contributed by atoms with Gasteiger partial charge in [-0.1, -0.05) is 30.3 Å². The molecule has 14 heteroatoms. The fourth-order valence-corrected chi connectivity index (χ4v) is 8.41. The lowest BCUT2D eigenvalue weighted by Gasteiger charge is -2.26. The molecular weight excluding hydrogens is 835 g/mol. The van der Waals surface area contributed by atoms with Crippen LogP contribution in [0.15, 0.2) is 85.1 Å². The van der Waals surface area contributed by atoms with E-state index in [1.165, 1.54) is 11.1 Å². The summed E-state index contributed by atoms with van der Waals surface area (Å²) in [7, 11) is 3.77. The maximum atomic E-state index is 13.9. The summed E-state index contributed by atoms with van der Waals surface area (Å²) in [6.45, 7) is 14.6. The average Bonchev–Trinajstić information content (AvgIpc) is 3.35. The zero-order valence-corrected chi connectivity index (χ0v) is 39.5. The molecule has 2 heterocycles. The molecule has 1 aromatic heterocycles. The van der Waals surface area contributed by atoms with Crippen molar-refractivity contribution in [1.82, 2.24) is 25.4 Å². The van der Waals surface area contributed by atoms with Gasteiger partial charge in [-0.15, -0.1) is 0 Å². The van der Waals surface area contributed by atoms with Crippen LogP contribution in [0.1, 0.15) is 87.8 Å². The van der Waals surface area contributed by atoms with Crippen LogP contribution < -0.4 is 20.9 Å². The first-order chi connectivity index (χ1) is 32.2. The second kappa shape index (κ2) is 26.8. The van der Waals surface area contributed by atoms with Crippen LogP contribution in [0.2, 0.25) is 0 Å². The number of benzene rings is 3. The van der Waals surface area contributed by atoms with Gasteiger partial charge in [0.25, 0.3) is 17.7 Å². The van der Waals surface area contributed by atoms with E-state index in [4.69, 9.17) is 18.9 Å². The molecule has 1 saturated heterocycles. The molecule has 3 aromatic carbocycles. The van der Waals surface area contributed by atoms with Gasteiger partial charge in [-0.05, 0) is 125 Å². The molecule has 2 aliphatic rings. The number of nitrogens with one attached hydrogen (secondary N) is 3. The molecule has 1 aliphatic heterocycles. The van der Waals surface area contributed by atoms with Crippen molar-refractivity contribution in [3.05, 3.63) is 113 Å². The molecule has 4 aromatic rings. The molecule has 1 aliphatic carbocycles. The average molecular weight is 906 g/mol. The number of ether oxygens (including phenoxy) is 4. The highest BCUT2D eigenvalue weighted by molar-refractivity contribution is 6.08. The standard InChI is InChI=1S/C52H71N7O7/c1-5-59(6-2)44-17-18-48(46(37-44)49-36-42(19-22-54-49)51(61)55-47-16-10-12-40-11-7-8-15-45(40)47)56-50(60)41-13-9-14-43(35-41)52(62)58(4)25-24-57(3)26-30-65-32-34-66-33-31-64-29-23-53-38-39-20-27-63-28-21-39/h7-9,11,13-15,17-19,22,35-37,39,47,53H,5-6,10,12,16,20-21,23-34,38H2,1-4H3,(H,55,61)(H,56,60)/t47-/m0/s1. The number of rotatable bonds is 26. The van der Waals surface area contributed by atoms with Gasteiger partial charge < -0.3 is 49.6 Å². The number of hydrogen-bond donors (Lipinski definition) is 3. The molecule has 1 atom stereocenters. The Kier molecular flexibility index (Phi) is 20.4. The smallest absolute Gasteiger partial charge is 0.255 e. The summed E-state index contributed by atoms with van der Waals surface area (Å²) in [6.07, 6.45) is 6.81. The highest BCUT2D eigenvalue weighted by Gasteiger charge is 2.23. The summed E-state index contributed by atoms with van der Waals surface area (Å²) in [5.74, 6) is -0.00782. The summed E-state index contributed by atoms with van der Waals surface area (Å²) in [5, 5.41) is 9.81. The molecule has 0 bridgehead atoms. The highest BCUT2D eigenvalue weighted by Crippen LogP contribution is 2.33. The van der Waals surface area contributed by atoms with Crippen molar-refractivity contribution < 1.29 is 33.3 Å². The summed E-state index contributed by atoms with van der Waals surface area (Å²) in [4.78, 5) is 51.9. The van der Waals surface area contributed by atoms with E-state index in [0.29, 0.717) is 98.8 Å². The van der Waals surface area contributed by atoms with Crippen LogP contribution in [-0.2, 0) is 25.4 Å². The lowest BCUT2D eigenvalue weighted by Crippen LogP contribution is -2.36. The van der Waals surface area contributed by atoms with Gasteiger partial charge in [0.05, 0.1) is 57.1 Å². The van der Waals surface area contributed by atoms with Gasteiger partial charge in [0, 0.05) is 93.7 Å². The van der Waals surface area contributed by atoms with E-state index < -0.39 is 0 Å². The van der Waals surface area contributed by atoms with Gasteiger partial charge in [0.15, 0.2) is 0 Å². The molecule has 14 nitrogen and oxygen atoms in total. The number of nitrogens with zero attached hydrogens (tertiary/aromatic N) is 4. The zero-order valence-electron chi connectivity index (χ0n) is 39.5. The Balaban J connectivity index is 0.957. The largest absolute Gasteiger partial charge is 0.381 e. The zero-order chi connectivity index (χ0) is 46.5. The fraction of sp³-hybridized carbons (Fsp3) is 0.500. The number of fused-ring (bicyclic) bond motifs is 1. The highest BCUT2D eigenvalue weighted by atomic mass is 16.5. The molecule has 6 rings (SSSR count). The van der Waals surface area contributed by atoms with Crippen molar-refractivity contribution in [3.63, 3.8) is 0 Å². The van der Waals surface area contributed by atoms with Gasteiger partial charge in [0.2, 0.25) is 0 Å². The first-order valence-electron chi connectivity index (χ1n) is 23.8. The third-order valence-electron chi connectivity index (χ3n) is 12.4. The van der Waals surface area contributed by atoms with Crippen molar-refractivity contribution >= 4 is 29.1 Å². The molecule has 1 fully saturated rings. The van der Waals surface area contributed by atoms with Crippen LogP contribution in [0.5, 0.6) is 0 Å². The third kappa shape index (κ3) is 15.2. The number of aromatic nitrogens is 1. The second-order valence-electron chi connectivity index (χ2n) is 17.1. The minimum Gasteiger partial charge on any atom is -0.381 e. The first-order valence-corrected chi connectivity index (χ1v) is 23.8. The second-order valence-corrected chi connectivity index (χ2v) is 17.1. The van der Waals surface area contributed by atoms with Crippen molar-refractivity contribution in [2.45, 2.75) is 52.0 Å². The van der Waals surface area contributed by atoms with Gasteiger partial charge in [-0.3, -0.25) is 19.4 Å². The van der Waals surface area contributed by atoms with Crippen LogP contribution >= 0.6 is 0 Å². The minimum absolute atomic E-state index is 0.0621. The van der Waals surface area contributed by atoms with E-state index >= 15 is 0 Å². The summed E-state index contributed by atoms with van der Waals surface area (Å²) >= 11 is 0. The monoisotopic (exact) mass is 906 g/mol. The number of hydrogen-bond acceptors (Lipinski definition) is 11. The van der Waals surface area contributed by atoms with Crippen LogP contribution in [-0.4, -0.2) is 145 Å². The molecule has 66 heavy (non-hydrogen) atoms. The molecule has 3 amide bonds. The summed E-state index contributed by atoms with van der Waals surface area (Å²) < 4.78 is 22.5. The van der Waals surface area contributed by atoms with E-state index in [-0.39, 0.29) is 23.8 Å². The molecule has 356 valence electrons. The van der Waals surface area contributed by atoms with Crippen LogP contribution in [0, 0.1) is 5.92 Å². The predicted molar refractivity (Wildman–Crippen MR) is 261 cm³/mol. The maximum absolute atomic E-state index is 13.9. The molecule has 3 N–H and O–H groups in total. The number of likely N-dealkylation sites (N-methyl/N-ethyl adjacent to an activating group) is 2. The lowest BCUT2D eigenvalue weighted by molar-refractivity contribution is 0.0116. The Morgan fingerprint density at radius 1 is 0.742 bits per heavy atom. The number of carbonyl (C=O) groups is 3. The predicted octanol–water partition coefficient (Wildman–Crippen LogP) is 6.72. The van der Waals surface area contributed by atoms with Crippen LogP contribution in [0.4, 0.5) is 11.4 Å². The van der Waals surface area contributed by atoms with E-state index in [9.17, 15) is 14.4 Å². The van der Waals surface area contributed by atoms with E-state index in [2.05, 4.69) is 56.7 Å². The van der Waals surface area contributed by atoms with Gasteiger partial charge >= 0.3 is 0 Å². The van der Waals surface area contributed by atoms with Crippen molar-refractivity contribution in [1.29, 1.82) is 0 Å². The van der Waals surface area contributed by atoms with Crippen LogP contribution in [0.3, 0.4) is 0 Å². The van der Waals surface area contributed by atoms with Gasteiger partial charge in [0.1, 0.15) is 0 Å². The van der Waals surface area contributed by atoms with E-state index in [1.807, 2.05) is 37.4 Å². The fourth-order valence-electron chi connectivity index (χ4n) is 8.41. The molecule has 0 spiro atoms. The molecule has 0 unspecified atom stereocenters. The van der Waals surface area contributed by atoms with Gasteiger partial charge in [-0.25, -0.2) is 0 Å². The van der Waals surface area contributed by atoms with Crippen molar-refractivity contribution in [2.24, 2.45) is 5.92 Å². The number of anilines is 2. The van der Waals surface area contributed by atoms with Crippen molar-refractivity contribution in [2.75, 3.05) is 123 Å². The quantitative estimate of drug-likeness (QED) is 0.0578. The Morgan fingerprint density at radius 2 is 1.47 bits per heavy atom. The first kappa shape index (κ1) is 50.2. The minimum atomic E-state index is -0.364. The SMILES string of the molecule is CCN(CC)c1ccc(NC(=O)c2cccc(C(=O)N(C)CCN(C)CCOCCOCCOCCNCC3CCOCC3)c2)c(-c2cc(C(=O)N[C@H]3CCCc4ccccc43)ccn2)c1. The normalized spacial score (nSPS) is 15.0. The molecule has 0 saturated carbocycles. The van der Waals surface area contributed by atoms with Crippen LogP contribution in [0.25, 0.3) is 11.3 Å². The Labute approximate surface area is 391 Å². The molecular formula is C52H71N7O7. The topological polar surface area (TPSA) is 147 Å². The number of pyridine rings is 1. The molecule has 0 radical (unpaired) electrons. The number of amides is 3.